The molecule has 0 rings (SSSR count). The summed E-state index contributed by atoms with van der Waals surface area (Å²) in [5, 5.41) is 11.6. The first-order valence-corrected chi connectivity index (χ1v) is 22.9. The molecule has 8 heteroatoms. The van der Waals surface area contributed by atoms with Crippen molar-refractivity contribution in [2.24, 2.45) is 0 Å². The van der Waals surface area contributed by atoms with Gasteiger partial charge in [0.1, 0.15) is 12.6 Å². The van der Waals surface area contributed by atoms with Crippen LogP contribution in [0.5, 0.6) is 0 Å². The molecule has 0 bridgehead atoms. The van der Waals surface area contributed by atoms with Crippen LogP contribution in [0.3, 0.4) is 0 Å². The van der Waals surface area contributed by atoms with Gasteiger partial charge < -0.3 is 28.6 Å². The molecule has 0 heterocycles. The maximum atomic E-state index is 12.7. The zero-order valence-corrected chi connectivity index (χ0v) is 39.0. The van der Waals surface area contributed by atoms with Crippen molar-refractivity contribution in [3.05, 3.63) is 146 Å². The van der Waals surface area contributed by atoms with Crippen molar-refractivity contribution < 1.29 is 38.2 Å². The topological polar surface area (TPSA) is 102 Å². The Bertz CT molecular complexity index is 1510. The average molecular weight is 856 g/mol. The number of nitrogens with zero attached hydrogens (tertiary/aromatic N) is 1. The third-order valence-electron chi connectivity index (χ3n) is 9.00. The van der Waals surface area contributed by atoms with Crippen LogP contribution < -0.4 is 5.11 Å². The van der Waals surface area contributed by atoms with Gasteiger partial charge in [-0.1, -0.05) is 160 Å². The van der Waals surface area contributed by atoms with Crippen LogP contribution in [-0.2, 0) is 28.6 Å². The first-order valence-electron chi connectivity index (χ1n) is 22.9. The number of hydrogen-bond acceptors (Lipinski definition) is 7. The fraction of sp³-hybridized carbons (Fsp3) is 0.500. The van der Waals surface area contributed by atoms with E-state index in [4.69, 9.17) is 14.2 Å². The maximum Gasteiger partial charge on any atom is 0.306 e. The second-order valence-electron chi connectivity index (χ2n) is 15.5. The zero-order chi connectivity index (χ0) is 45.6. The molecule has 0 aliphatic heterocycles. The first kappa shape index (κ1) is 57.2. The van der Waals surface area contributed by atoms with Crippen molar-refractivity contribution in [1.82, 2.24) is 0 Å². The summed E-state index contributed by atoms with van der Waals surface area (Å²) in [6, 6.07) is -0.760. The third-order valence-corrected chi connectivity index (χ3v) is 9.00. The van der Waals surface area contributed by atoms with Crippen LogP contribution in [-0.4, -0.2) is 75.5 Å². The maximum absolute atomic E-state index is 12.7. The van der Waals surface area contributed by atoms with Gasteiger partial charge in [-0.05, 0) is 89.9 Å². The lowest BCUT2D eigenvalue weighted by atomic mass is 10.1. The molecule has 8 nitrogen and oxygen atoms in total. The highest BCUT2D eigenvalue weighted by Crippen LogP contribution is 2.09. The van der Waals surface area contributed by atoms with Gasteiger partial charge in [-0.25, -0.2) is 0 Å². The summed E-state index contributed by atoms with van der Waals surface area (Å²) in [4.78, 5) is 36.9. The standard InChI is InChI=1S/C54H81NO7/c1-6-8-10-12-14-16-18-20-22-24-26-28-30-32-34-36-38-40-42-44-52(56)61-49-50(48-60-47-46-51(54(58)59)55(3,4)5)62-53(57)45-43-41-39-37-35-33-31-29-27-25-23-21-19-17-15-13-11-9-7-2/h8-11,14-17,20-23,26-29,32-35,38-41,50-51H,6-7,12-13,18-19,24-25,30-31,36-37,42-49H2,1-5H3/b10-8-,11-9-,16-14-,17-15-,22-20-,23-21-,28-26-,29-27-,34-32-,35-33-,40-38-,41-39-. The number of ether oxygens (including phenoxy) is 3. The Hall–Kier alpha value is -4.79. The van der Waals surface area contributed by atoms with E-state index < -0.39 is 30.1 Å². The monoisotopic (exact) mass is 856 g/mol. The van der Waals surface area contributed by atoms with Crippen LogP contribution in [0.4, 0.5) is 0 Å². The molecule has 0 N–H and O–H groups in total. The summed E-state index contributed by atoms with van der Waals surface area (Å²) in [6.07, 6.45) is 63.3. The minimum absolute atomic E-state index is 0.0248. The van der Waals surface area contributed by atoms with Crippen LogP contribution in [0.2, 0.25) is 0 Å². The Labute approximate surface area is 376 Å². The molecular weight excluding hydrogens is 775 g/mol. The number of aliphatic carboxylic acids is 1. The smallest absolute Gasteiger partial charge is 0.306 e. The van der Waals surface area contributed by atoms with Gasteiger partial charge in [0.2, 0.25) is 0 Å². The number of quaternary nitrogens is 1. The predicted octanol–water partition coefficient (Wildman–Crippen LogP) is 11.6. The van der Waals surface area contributed by atoms with E-state index in [0.29, 0.717) is 12.8 Å². The highest BCUT2D eigenvalue weighted by atomic mass is 16.6. The number of carboxylic acid groups (broad SMARTS) is 1. The zero-order valence-electron chi connectivity index (χ0n) is 39.0. The molecule has 2 atom stereocenters. The number of allylic oxidation sites excluding steroid dienone is 24. The number of esters is 2. The molecule has 0 saturated heterocycles. The molecule has 0 saturated carbocycles. The van der Waals surface area contributed by atoms with Crippen LogP contribution in [0.25, 0.3) is 0 Å². The largest absolute Gasteiger partial charge is 0.544 e. The highest BCUT2D eigenvalue weighted by molar-refractivity contribution is 5.71. The average Bonchev–Trinajstić information content (AvgIpc) is 3.23. The number of hydrogen-bond donors (Lipinski definition) is 0. The summed E-state index contributed by atoms with van der Waals surface area (Å²) in [7, 11) is 5.34. The SMILES string of the molecule is CC/C=C\C/C=C\C/C=C\C/C=C\C/C=C\C/C=C\CCC(=O)OCC(COCCC(C(=O)[O-])[N+](C)(C)C)OC(=O)CC/C=C\C/C=C\C/C=C\C/C=C\C/C=C\C/C=C\CC. The fourth-order valence-electron chi connectivity index (χ4n) is 5.53. The van der Waals surface area contributed by atoms with E-state index in [1.807, 2.05) is 24.3 Å². The molecule has 344 valence electrons. The third kappa shape index (κ3) is 40.6. The molecule has 0 amide bonds. The van der Waals surface area contributed by atoms with Crippen LogP contribution >= 0.6 is 0 Å². The molecule has 0 aromatic heterocycles. The van der Waals surface area contributed by atoms with Gasteiger partial charge in [-0.15, -0.1) is 0 Å². The van der Waals surface area contributed by atoms with E-state index >= 15 is 0 Å². The molecule has 2 unspecified atom stereocenters. The Morgan fingerprint density at radius 2 is 0.790 bits per heavy atom. The van der Waals surface area contributed by atoms with Crippen molar-refractivity contribution in [3.63, 3.8) is 0 Å². The molecule has 0 aliphatic rings. The Morgan fingerprint density at radius 1 is 0.468 bits per heavy atom. The van der Waals surface area contributed by atoms with Gasteiger partial charge in [0, 0.05) is 19.3 Å². The summed E-state index contributed by atoms with van der Waals surface area (Å²) in [5.41, 5.74) is 0. The predicted molar refractivity (Wildman–Crippen MR) is 258 cm³/mol. The van der Waals surface area contributed by atoms with Gasteiger partial charge >= 0.3 is 11.9 Å². The Morgan fingerprint density at radius 3 is 1.11 bits per heavy atom. The van der Waals surface area contributed by atoms with Crippen molar-refractivity contribution in [1.29, 1.82) is 0 Å². The van der Waals surface area contributed by atoms with Crippen molar-refractivity contribution >= 4 is 17.9 Å². The summed E-state index contributed by atoms with van der Waals surface area (Å²) < 4.78 is 17.0. The van der Waals surface area contributed by atoms with E-state index in [1.54, 1.807) is 21.1 Å². The minimum Gasteiger partial charge on any atom is -0.544 e. The number of rotatable bonds is 38. The number of carboxylic acids is 1. The summed E-state index contributed by atoms with van der Waals surface area (Å²) in [6.45, 7) is 4.23. The Balaban J connectivity index is 4.61. The molecular formula is C54H81NO7. The molecule has 0 aromatic carbocycles. The number of carbonyl (C=O) groups excluding carboxylic acids is 3. The van der Waals surface area contributed by atoms with Crippen molar-refractivity contribution in [2.75, 3.05) is 41.0 Å². The van der Waals surface area contributed by atoms with Gasteiger partial charge in [-0.3, -0.25) is 9.59 Å². The minimum atomic E-state index is -1.15. The number of likely N-dealkylation sites (N-methyl/N-ethyl adjacent to an activating group) is 1. The lowest BCUT2D eigenvalue weighted by Crippen LogP contribution is -2.55. The second-order valence-corrected chi connectivity index (χ2v) is 15.5. The van der Waals surface area contributed by atoms with E-state index in [2.05, 4.69) is 135 Å². The molecule has 0 aromatic rings. The van der Waals surface area contributed by atoms with Crippen molar-refractivity contribution in [3.8, 4) is 0 Å². The van der Waals surface area contributed by atoms with Crippen LogP contribution in [0.15, 0.2) is 146 Å². The molecule has 0 aliphatic carbocycles. The normalized spacial score (nSPS) is 14.3. The van der Waals surface area contributed by atoms with Gasteiger partial charge in [0.25, 0.3) is 0 Å². The first-order chi connectivity index (χ1) is 30.1. The van der Waals surface area contributed by atoms with E-state index in [1.165, 1.54) is 0 Å². The molecule has 0 fully saturated rings. The van der Waals surface area contributed by atoms with Crippen LogP contribution in [0, 0.1) is 0 Å². The quantitative estimate of drug-likeness (QED) is 0.0264. The second kappa shape index (κ2) is 42.9. The van der Waals surface area contributed by atoms with E-state index in [9.17, 15) is 19.5 Å². The Kier molecular flexibility index (Phi) is 39.6. The van der Waals surface area contributed by atoms with Gasteiger partial charge in [-0.2, -0.15) is 0 Å². The summed E-state index contributed by atoms with van der Waals surface area (Å²) in [5.74, 6) is -1.98. The number of carbonyl (C=O) groups is 3. The molecule has 0 spiro atoms. The van der Waals surface area contributed by atoms with Gasteiger partial charge in [0.05, 0.1) is 40.3 Å². The highest BCUT2D eigenvalue weighted by Gasteiger charge is 2.25. The van der Waals surface area contributed by atoms with E-state index in [0.717, 1.165) is 77.0 Å². The molecule has 0 radical (unpaired) electrons. The molecule has 62 heavy (non-hydrogen) atoms. The van der Waals surface area contributed by atoms with Gasteiger partial charge in [0.15, 0.2) is 6.10 Å². The van der Waals surface area contributed by atoms with Crippen molar-refractivity contribution in [2.45, 2.75) is 135 Å². The van der Waals surface area contributed by atoms with Crippen LogP contribution in [0.1, 0.15) is 123 Å². The fourth-order valence-corrected chi connectivity index (χ4v) is 5.53. The lowest BCUT2D eigenvalue weighted by Gasteiger charge is -2.34. The van der Waals surface area contributed by atoms with E-state index in [-0.39, 0.29) is 43.6 Å². The lowest BCUT2D eigenvalue weighted by molar-refractivity contribution is -0.889. The summed E-state index contributed by atoms with van der Waals surface area (Å²) >= 11 is 0.